The number of ether oxygens (including phenoxy) is 2. The van der Waals surface area contributed by atoms with E-state index in [-0.39, 0.29) is 11.8 Å². The Kier molecular flexibility index (Phi) is 9.80. The highest BCUT2D eigenvalue weighted by Gasteiger charge is 2.25. The highest BCUT2D eigenvalue weighted by Crippen LogP contribution is 2.25. The first kappa shape index (κ1) is 27.3. The summed E-state index contributed by atoms with van der Waals surface area (Å²) in [6.45, 7) is 7.41. The molecule has 1 amide bonds. The number of rotatable bonds is 10. The van der Waals surface area contributed by atoms with Crippen molar-refractivity contribution < 1.29 is 14.3 Å². The van der Waals surface area contributed by atoms with Gasteiger partial charge in [-0.1, -0.05) is 43.1 Å². The molecular weight excluding hydrogens is 491 g/mol. The van der Waals surface area contributed by atoms with Gasteiger partial charge in [-0.15, -0.1) is 0 Å². The van der Waals surface area contributed by atoms with Gasteiger partial charge < -0.3 is 29.5 Å². The minimum absolute atomic E-state index is 0.0141. The number of nitrogens with one attached hydrogen (secondary N) is 1. The molecule has 0 saturated carbocycles. The zero-order chi connectivity index (χ0) is 25.5. The normalized spacial score (nSPS) is 14.1. The van der Waals surface area contributed by atoms with Crippen molar-refractivity contribution in [3.05, 3.63) is 39.9 Å². The van der Waals surface area contributed by atoms with E-state index in [9.17, 15) is 4.79 Å². The lowest BCUT2D eigenvalue weighted by Gasteiger charge is -2.36. The van der Waals surface area contributed by atoms with E-state index < -0.39 is 6.29 Å². The van der Waals surface area contributed by atoms with Crippen LogP contribution in [0.2, 0.25) is 10.0 Å². The van der Waals surface area contributed by atoms with Crippen LogP contribution >= 0.6 is 23.2 Å². The third-order valence-electron chi connectivity index (χ3n) is 5.88. The van der Waals surface area contributed by atoms with Crippen molar-refractivity contribution in [3.63, 3.8) is 0 Å². The van der Waals surface area contributed by atoms with Crippen molar-refractivity contribution in [1.29, 1.82) is 0 Å². The maximum absolute atomic E-state index is 12.4. The molecule has 192 valence electrons. The summed E-state index contributed by atoms with van der Waals surface area (Å²) < 4.78 is 10.7. The SMILES string of the molecule is COC(CN(C)c1cc(NCc2ccc(Cl)cc2Cl)nc(N2CCN(C(=O)C(C)C)CC2)n1)OC. The molecule has 11 heteroatoms. The third kappa shape index (κ3) is 7.33. The van der Waals surface area contributed by atoms with Gasteiger partial charge in [0.15, 0.2) is 6.29 Å². The molecule has 9 nitrogen and oxygen atoms in total. The quantitative estimate of drug-likeness (QED) is 0.470. The molecule has 0 radical (unpaired) electrons. The molecule has 0 spiro atoms. The van der Waals surface area contributed by atoms with Crippen LogP contribution < -0.4 is 15.1 Å². The number of likely N-dealkylation sites (N-methyl/N-ethyl adjacent to an activating group) is 1. The maximum Gasteiger partial charge on any atom is 0.229 e. The van der Waals surface area contributed by atoms with Crippen molar-refractivity contribution in [1.82, 2.24) is 14.9 Å². The van der Waals surface area contributed by atoms with Crippen LogP contribution in [-0.4, -0.2) is 81.1 Å². The number of benzene rings is 1. The number of halogens is 2. The molecular formula is C24H34Cl2N6O3. The number of carbonyl (C=O) groups excluding carboxylic acids is 1. The molecule has 2 heterocycles. The van der Waals surface area contributed by atoms with Gasteiger partial charge in [-0.25, -0.2) is 0 Å². The molecule has 0 bridgehead atoms. The first-order chi connectivity index (χ1) is 16.7. The average molecular weight is 525 g/mol. The molecule has 1 aromatic heterocycles. The molecule has 1 N–H and O–H groups in total. The lowest BCUT2D eigenvalue weighted by molar-refractivity contribution is -0.134. The molecule has 3 rings (SSSR count). The molecule has 1 aliphatic heterocycles. The van der Waals surface area contributed by atoms with E-state index >= 15 is 0 Å². The molecule has 1 saturated heterocycles. The monoisotopic (exact) mass is 524 g/mol. The molecule has 0 aliphatic carbocycles. The molecule has 2 aromatic rings. The van der Waals surface area contributed by atoms with Crippen molar-refractivity contribution in [2.45, 2.75) is 26.7 Å². The standard InChI is InChI=1S/C24H34Cl2N6O3/c1-16(2)23(33)31-8-10-32(11-9-31)24-28-20(27-14-17-6-7-18(25)12-19(17)26)13-21(29-24)30(3)15-22(34-4)35-5/h6-7,12-13,16,22H,8-11,14-15H2,1-5H3,(H,27,28,29). The Hall–Kier alpha value is -2.33. The number of carbonyl (C=O) groups is 1. The number of piperazine rings is 1. The molecule has 0 atom stereocenters. The predicted octanol–water partition coefficient (Wildman–Crippen LogP) is 3.76. The Bertz CT molecular complexity index is 997. The lowest BCUT2D eigenvalue weighted by atomic mass is 10.1. The van der Waals surface area contributed by atoms with E-state index in [2.05, 4.69) is 10.2 Å². The van der Waals surface area contributed by atoms with E-state index in [0.29, 0.717) is 61.1 Å². The third-order valence-corrected chi connectivity index (χ3v) is 6.47. The summed E-state index contributed by atoms with van der Waals surface area (Å²) in [5.41, 5.74) is 0.908. The molecule has 1 aromatic carbocycles. The van der Waals surface area contributed by atoms with Gasteiger partial charge in [-0.2, -0.15) is 9.97 Å². The molecule has 1 aliphatic rings. The first-order valence-electron chi connectivity index (χ1n) is 11.6. The van der Waals surface area contributed by atoms with Gasteiger partial charge in [0.05, 0.1) is 6.54 Å². The highest BCUT2D eigenvalue weighted by atomic mass is 35.5. The summed E-state index contributed by atoms with van der Waals surface area (Å²) in [4.78, 5) is 27.9. The van der Waals surface area contributed by atoms with Gasteiger partial charge in [-0.3, -0.25) is 4.79 Å². The number of methoxy groups -OCH3 is 2. The minimum atomic E-state index is -0.395. The second-order valence-corrected chi connectivity index (χ2v) is 9.59. The zero-order valence-corrected chi connectivity index (χ0v) is 22.4. The smallest absolute Gasteiger partial charge is 0.229 e. The van der Waals surface area contributed by atoms with E-state index in [1.165, 1.54) is 0 Å². The second-order valence-electron chi connectivity index (χ2n) is 8.75. The Labute approximate surface area is 217 Å². The van der Waals surface area contributed by atoms with Crippen LogP contribution in [0.4, 0.5) is 17.6 Å². The molecule has 35 heavy (non-hydrogen) atoms. The van der Waals surface area contributed by atoms with Gasteiger partial charge in [0.2, 0.25) is 11.9 Å². The predicted molar refractivity (Wildman–Crippen MR) is 141 cm³/mol. The van der Waals surface area contributed by atoms with Gasteiger partial charge >= 0.3 is 0 Å². The zero-order valence-electron chi connectivity index (χ0n) is 20.9. The van der Waals surface area contributed by atoms with Crippen molar-refractivity contribution in [2.75, 3.05) is 69.1 Å². The topological polar surface area (TPSA) is 83.1 Å². The summed E-state index contributed by atoms with van der Waals surface area (Å²) in [5.74, 6) is 2.14. The number of hydrogen-bond acceptors (Lipinski definition) is 8. The number of anilines is 3. The summed E-state index contributed by atoms with van der Waals surface area (Å²) in [7, 11) is 5.14. The summed E-state index contributed by atoms with van der Waals surface area (Å²) in [6.07, 6.45) is -0.395. The van der Waals surface area contributed by atoms with Crippen LogP contribution in [0.3, 0.4) is 0 Å². The minimum Gasteiger partial charge on any atom is -0.366 e. The summed E-state index contributed by atoms with van der Waals surface area (Å²) in [6, 6.07) is 7.30. The Balaban J connectivity index is 1.81. The van der Waals surface area contributed by atoms with Gasteiger partial charge in [0.25, 0.3) is 0 Å². The molecule has 1 fully saturated rings. The van der Waals surface area contributed by atoms with Crippen molar-refractivity contribution >= 4 is 46.7 Å². The maximum atomic E-state index is 12.4. The van der Waals surface area contributed by atoms with Crippen LogP contribution in [0.5, 0.6) is 0 Å². The fourth-order valence-electron chi connectivity index (χ4n) is 3.75. The largest absolute Gasteiger partial charge is 0.366 e. The van der Waals surface area contributed by atoms with Gasteiger partial charge in [0, 0.05) is 76.0 Å². The number of amides is 1. The Morgan fingerprint density at radius 1 is 1.11 bits per heavy atom. The number of hydrogen-bond donors (Lipinski definition) is 1. The van der Waals surface area contributed by atoms with E-state index in [0.717, 1.165) is 11.4 Å². The van der Waals surface area contributed by atoms with Crippen LogP contribution in [-0.2, 0) is 20.8 Å². The van der Waals surface area contributed by atoms with E-state index in [1.54, 1.807) is 20.3 Å². The van der Waals surface area contributed by atoms with Crippen LogP contribution in [0.15, 0.2) is 24.3 Å². The van der Waals surface area contributed by atoms with Gasteiger partial charge in [0.1, 0.15) is 11.6 Å². The second kappa shape index (κ2) is 12.6. The van der Waals surface area contributed by atoms with Crippen molar-refractivity contribution in [2.24, 2.45) is 5.92 Å². The summed E-state index contributed by atoms with van der Waals surface area (Å²) in [5, 5.41) is 4.54. The van der Waals surface area contributed by atoms with Crippen LogP contribution in [0.25, 0.3) is 0 Å². The van der Waals surface area contributed by atoms with Gasteiger partial charge in [-0.05, 0) is 17.7 Å². The Morgan fingerprint density at radius 3 is 2.40 bits per heavy atom. The van der Waals surface area contributed by atoms with Crippen LogP contribution in [0, 0.1) is 5.92 Å². The molecule has 0 unspecified atom stereocenters. The number of nitrogens with zero attached hydrogens (tertiary/aromatic N) is 5. The van der Waals surface area contributed by atoms with Crippen LogP contribution in [0.1, 0.15) is 19.4 Å². The lowest BCUT2D eigenvalue weighted by Crippen LogP contribution is -2.50. The average Bonchev–Trinajstić information content (AvgIpc) is 2.86. The van der Waals surface area contributed by atoms with E-state index in [4.69, 9.17) is 42.6 Å². The van der Waals surface area contributed by atoms with Crippen molar-refractivity contribution in [3.8, 4) is 0 Å². The fourth-order valence-corrected chi connectivity index (χ4v) is 4.23. The summed E-state index contributed by atoms with van der Waals surface area (Å²) >= 11 is 12.4. The highest BCUT2D eigenvalue weighted by molar-refractivity contribution is 6.35. The number of aromatic nitrogens is 2. The van der Waals surface area contributed by atoms with E-state index in [1.807, 2.05) is 48.9 Å². The Morgan fingerprint density at radius 2 is 1.80 bits per heavy atom. The first-order valence-corrected chi connectivity index (χ1v) is 12.3. The fraction of sp³-hybridized carbons (Fsp3) is 0.542.